The average molecular weight is 158 g/mol. The molecule has 2 aliphatic rings. The van der Waals surface area contributed by atoms with E-state index in [1.807, 2.05) is 11.8 Å². The van der Waals surface area contributed by atoms with Gasteiger partial charge in [-0.3, -0.25) is 0 Å². The summed E-state index contributed by atoms with van der Waals surface area (Å²) in [6, 6.07) is 0. The van der Waals surface area contributed by atoms with Gasteiger partial charge < -0.3 is 5.11 Å². The molecule has 0 aromatic heterocycles. The van der Waals surface area contributed by atoms with Crippen molar-refractivity contribution in [2.75, 3.05) is 0 Å². The van der Waals surface area contributed by atoms with Gasteiger partial charge in [-0.15, -0.1) is 0 Å². The lowest BCUT2D eigenvalue weighted by Gasteiger charge is -2.11. The molecule has 1 N–H and O–H groups in total. The number of fused-ring (bicyclic) bond motifs is 1. The Morgan fingerprint density at radius 1 is 1.10 bits per heavy atom. The maximum absolute atomic E-state index is 9.50. The highest BCUT2D eigenvalue weighted by Gasteiger charge is 2.43. The summed E-state index contributed by atoms with van der Waals surface area (Å²) in [4.78, 5) is 0. The third kappa shape index (κ3) is 1.32. The van der Waals surface area contributed by atoms with Gasteiger partial charge in [0.15, 0.2) is 0 Å². The van der Waals surface area contributed by atoms with E-state index < -0.39 is 0 Å². The van der Waals surface area contributed by atoms with Gasteiger partial charge in [0.05, 0.1) is 6.10 Å². The Morgan fingerprint density at radius 3 is 2.80 bits per heavy atom. The summed E-state index contributed by atoms with van der Waals surface area (Å²) in [5.74, 6) is 0. The number of thioether (sulfide) groups is 1. The fourth-order valence-corrected chi connectivity index (χ4v) is 3.02. The van der Waals surface area contributed by atoms with E-state index in [4.69, 9.17) is 0 Å². The molecule has 0 aromatic carbocycles. The predicted octanol–water partition coefficient (Wildman–Crippen LogP) is 1.80. The Kier molecular flexibility index (Phi) is 1.92. The summed E-state index contributed by atoms with van der Waals surface area (Å²) in [6.45, 7) is 0. The second-order valence-corrected chi connectivity index (χ2v) is 4.77. The molecule has 0 aromatic rings. The van der Waals surface area contributed by atoms with Crippen LogP contribution in [0.5, 0.6) is 0 Å². The topological polar surface area (TPSA) is 20.2 Å². The minimum Gasteiger partial charge on any atom is -0.392 e. The molecule has 1 aliphatic heterocycles. The van der Waals surface area contributed by atoms with Gasteiger partial charge >= 0.3 is 0 Å². The molecule has 58 valence electrons. The van der Waals surface area contributed by atoms with Crippen LogP contribution in [0.2, 0.25) is 0 Å². The van der Waals surface area contributed by atoms with Gasteiger partial charge in [0.2, 0.25) is 0 Å². The van der Waals surface area contributed by atoms with Gasteiger partial charge in [0, 0.05) is 10.5 Å². The molecule has 1 saturated carbocycles. The van der Waals surface area contributed by atoms with Crippen molar-refractivity contribution >= 4 is 11.8 Å². The number of aliphatic hydroxyl groups excluding tert-OH is 1. The maximum Gasteiger partial charge on any atom is 0.0669 e. The molecular weight excluding hydrogens is 144 g/mol. The van der Waals surface area contributed by atoms with E-state index in [0.29, 0.717) is 5.25 Å². The highest BCUT2D eigenvalue weighted by atomic mass is 32.2. The zero-order chi connectivity index (χ0) is 6.97. The lowest BCUT2D eigenvalue weighted by Crippen LogP contribution is -2.17. The molecule has 1 heterocycles. The van der Waals surface area contributed by atoms with Crippen LogP contribution in [0.3, 0.4) is 0 Å². The van der Waals surface area contributed by atoms with Gasteiger partial charge in [-0.25, -0.2) is 0 Å². The Bertz CT molecular complexity index is 126. The molecule has 10 heavy (non-hydrogen) atoms. The largest absolute Gasteiger partial charge is 0.392 e. The Morgan fingerprint density at radius 2 is 1.90 bits per heavy atom. The summed E-state index contributed by atoms with van der Waals surface area (Å²) in [6.07, 6.45) is 6.39. The summed E-state index contributed by atoms with van der Waals surface area (Å²) in [5.41, 5.74) is 0. The number of aliphatic hydroxyl groups is 1. The molecule has 1 nitrogen and oxygen atoms in total. The lowest BCUT2D eigenvalue weighted by molar-refractivity contribution is 0.160. The van der Waals surface area contributed by atoms with Crippen LogP contribution < -0.4 is 0 Å². The molecule has 0 spiro atoms. The summed E-state index contributed by atoms with van der Waals surface area (Å²) in [5, 5.41) is 11.0. The minimum absolute atomic E-state index is 0.0234. The van der Waals surface area contributed by atoms with E-state index in [9.17, 15) is 5.11 Å². The normalized spacial score (nSPS) is 47.1. The first-order valence-corrected chi connectivity index (χ1v) is 5.16. The summed E-state index contributed by atoms with van der Waals surface area (Å²) < 4.78 is 0. The zero-order valence-corrected chi connectivity index (χ0v) is 6.94. The van der Waals surface area contributed by atoms with Crippen molar-refractivity contribution < 1.29 is 5.11 Å². The Labute approximate surface area is 66.2 Å². The molecule has 3 atom stereocenters. The van der Waals surface area contributed by atoms with Crippen molar-refractivity contribution in [3.05, 3.63) is 0 Å². The van der Waals surface area contributed by atoms with Crippen molar-refractivity contribution in [1.82, 2.24) is 0 Å². The first kappa shape index (κ1) is 6.99. The van der Waals surface area contributed by atoms with E-state index in [0.717, 1.165) is 11.7 Å². The zero-order valence-electron chi connectivity index (χ0n) is 6.12. The van der Waals surface area contributed by atoms with Crippen LogP contribution in [0.4, 0.5) is 0 Å². The van der Waals surface area contributed by atoms with E-state index in [1.165, 1.54) is 25.7 Å². The van der Waals surface area contributed by atoms with E-state index >= 15 is 0 Å². The van der Waals surface area contributed by atoms with Crippen LogP contribution in [-0.4, -0.2) is 21.7 Å². The van der Waals surface area contributed by atoms with E-state index in [-0.39, 0.29) is 6.10 Å². The van der Waals surface area contributed by atoms with E-state index in [1.54, 1.807) is 0 Å². The third-order valence-corrected chi connectivity index (χ3v) is 4.01. The maximum atomic E-state index is 9.50. The second kappa shape index (κ2) is 2.74. The molecule has 1 saturated heterocycles. The van der Waals surface area contributed by atoms with Crippen molar-refractivity contribution in [3.8, 4) is 0 Å². The number of rotatable bonds is 0. The van der Waals surface area contributed by atoms with Gasteiger partial charge in [0.25, 0.3) is 0 Å². The first-order chi connectivity index (χ1) is 4.88. The quantitative estimate of drug-likeness (QED) is 0.542. The smallest absolute Gasteiger partial charge is 0.0669 e. The molecular formula is C8H14OS. The van der Waals surface area contributed by atoms with E-state index in [2.05, 4.69) is 0 Å². The van der Waals surface area contributed by atoms with Gasteiger partial charge in [-0.1, -0.05) is 19.3 Å². The molecule has 2 rings (SSSR count). The molecule has 0 bridgehead atoms. The Balaban J connectivity index is 1.88. The van der Waals surface area contributed by atoms with Crippen LogP contribution >= 0.6 is 11.8 Å². The first-order valence-electron chi connectivity index (χ1n) is 4.21. The fourth-order valence-electron chi connectivity index (χ4n) is 1.77. The van der Waals surface area contributed by atoms with Crippen molar-refractivity contribution in [2.45, 2.75) is 48.7 Å². The lowest BCUT2D eigenvalue weighted by atomic mass is 9.99. The van der Waals surface area contributed by atoms with Crippen LogP contribution in [0, 0.1) is 0 Å². The molecule has 0 amide bonds. The Hall–Kier alpha value is 0.310. The van der Waals surface area contributed by atoms with Crippen LogP contribution in [-0.2, 0) is 0 Å². The van der Waals surface area contributed by atoms with Gasteiger partial charge in [-0.2, -0.15) is 11.8 Å². The predicted molar refractivity (Wildman–Crippen MR) is 44.3 cm³/mol. The fraction of sp³-hybridized carbons (Fsp3) is 1.00. The highest BCUT2D eigenvalue weighted by Crippen LogP contribution is 2.48. The van der Waals surface area contributed by atoms with Crippen molar-refractivity contribution in [2.24, 2.45) is 0 Å². The summed E-state index contributed by atoms with van der Waals surface area (Å²) >= 11 is 1.98. The molecule has 0 radical (unpaired) electrons. The van der Waals surface area contributed by atoms with Crippen LogP contribution in [0.1, 0.15) is 32.1 Å². The average Bonchev–Trinajstić information content (AvgIpc) is 2.62. The monoisotopic (exact) mass is 158 g/mol. The molecule has 0 unspecified atom stereocenters. The molecule has 2 fully saturated rings. The van der Waals surface area contributed by atoms with Crippen molar-refractivity contribution in [3.63, 3.8) is 0 Å². The second-order valence-electron chi connectivity index (χ2n) is 3.34. The van der Waals surface area contributed by atoms with Crippen LogP contribution in [0.25, 0.3) is 0 Å². The van der Waals surface area contributed by atoms with Gasteiger partial charge in [-0.05, 0) is 12.8 Å². The van der Waals surface area contributed by atoms with Gasteiger partial charge in [0.1, 0.15) is 0 Å². The van der Waals surface area contributed by atoms with Crippen LogP contribution in [0.15, 0.2) is 0 Å². The summed E-state index contributed by atoms with van der Waals surface area (Å²) in [7, 11) is 0. The minimum atomic E-state index is 0.0234. The molecule has 1 aliphatic carbocycles. The SMILES string of the molecule is O[C@H]1CCCCC[C@H]2S[C@@H]12. The van der Waals surface area contributed by atoms with Crippen molar-refractivity contribution in [1.29, 1.82) is 0 Å². The standard InChI is InChI=1S/C8H14OS/c9-6-4-2-1-3-5-7-8(6)10-7/h6-9H,1-5H2/t6-,7+,8-/m0/s1. The highest BCUT2D eigenvalue weighted by molar-refractivity contribution is 8.07. The number of hydrogen-bond acceptors (Lipinski definition) is 2. The number of hydrogen-bond donors (Lipinski definition) is 1. The molecule has 2 heteroatoms. The third-order valence-electron chi connectivity index (χ3n) is 2.49.